The van der Waals surface area contributed by atoms with Crippen molar-refractivity contribution < 1.29 is 9.90 Å². The molecule has 1 saturated carbocycles. The zero-order valence-corrected chi connectivity index (χ0v) is 13.1. The number of amides is 1. The average molecular weight is 302 g/mol. The highest BCUT2D eigenvalue weighted by Crippen LogP contribution is 2.26. The van der Waals surface area contributed by atoms with Crippen molar-refractivity contribution in [2.75, 3.05) is 6.54 Å². The van der Waals surface area contributed by atoms with E-state index in [-0.39, 0.29) is 17.7 Å². The van der Waals surface area contributed by atoms with Crippen LogP contribution in [0.15, 0.2) is 18.2 Å². The molecule has 1 heterocycles. The molecule has 1 aromatic carbocycles. The molecule has 1 amide bonds. The molecule has 1 aliphatic heterocycles. The molecule has 3 N–H and O–H groups in total. The predicted molar refractivity (Wildman–Crippen MR) is 86.6 cm³/mol. The monoisotopic (exact) mass is 302 g/mol. The maximum absolute atomic E-state index is 12.3. The Balaban J connectivity index is 1.46. The molecule has 3 rings (SSSR count). The van der Waals surface area contributed by atoms with E-state index in [1.807, 2.05) is 6.07 Å². The Morgan fingerprint density at radius 2 is 2.05 bits per heavy atom. The number of carbonyl (C=O) groups is 1. The number of fused-ring (bicyclic) bond motifs is 1. The Kier molecular flexibility index (Phi) is 4.98. The van der Waals surface area contributed by atoms with Gasteiger partial charge in [0, 0.05) is 13.1 Å². The number of hydrogen-bond donors (Lipinski definition) is 3. The van der Waals surface area contributed by atoms with Crippen molar-refractivity contribution in [1.82, 2.24) is 10.6 Å². The van der Waals surface area contributed by atoms with Gasteiger partial charge in [0.05, 0.1) is 6.04 Å². The first-order valence-electron chi connectivity index (χ1n) is 8.54. The van der Waals surface area contributed by atoms with E-state index < -0.39 is 0 Å². The first kappa shape index (κ1) is 15.3. The van der Waals surface area contributed by atoms with E-state index >= 15 is 0 Å². The molecule has 1 fully saturated rings. The molecule has 0 radical (unpaired) electrons. The maximum atomic E-state index is 12.3. The summed E-state index contributed by atoms with van der Waals surface area (Å²) in [6.07, 6.45) is 8.55. The van der Waals surface area contributed by atoms with Gasteiger partial charge >= 0.3 is 0 Å². The molecule has 22 heavy (non-hydrogen) atoms. The maximum Gasteiger partial charge on any atom is 0.237 e. The van der Waals surface area contributed by atoms with Gasteiger partial charge in [0.2, 0.25) is 5.91 Å². The van der Waals surface area contributed by atoms with E-state index in [1.165, 1.54) is 32.1 Å². The second kappa shape index (κ2) is 7.14. The number of hydrogen-bond acceptors (Lipinski definition) is 3. The second-order valence-corrected chi connectivity index (χ2v) is 6.67. The molecule has 0 saturated heterocycles. The lowest BCUT2D eigenvalue weighted by atomic mass is 9.87. The molecule has 4 nitrogen and oxygen atoms in total. The van der Waals surface area contributed by atoms with Crippen LogP contribution in [0.5, 0.6) is 5.75 Å². The number of nitrogens with one attached hydrogen (secondary N) is 2. The minimum atomic E-state index is -0.150. The van der Waals surface area contributed by atoms with Gasteiger partial charge in [-0.1, -0.05) is 38.2 Å². The minimum absolute atomic E-state index is 0.106. The molecule has 1 unspecified atom stereocenters. The quantitative estimate of drug-likeness (QED) is 0.801. The SMILES string of the molecule is O=C(NCCC1CCCCC1)C1Cc2ccc(O)cc2CN1. The summed E-state index contributed by atoms with van der Waals surface area (Å²) in [5, 5.41) is 15.9. The van der Waals surface area contributed by atoms with Gasteiger partial charge in [-0.25, -0.2) is 0 Å². The van der Waals surface area contributed by atoms with E-state index in [0.29, 0.717) is 13.0 Å². The number of aromatic hydroxyl groups is 1. The summed E-state index contributed by atoms with van der Waals surface area (Å²) >= 11 is 0. The smallest absolute Gasteiger partial charge is 0.237 e. The normalized spacial score (nSPS) is 22.1. The van der Waals surface area contributed by atoms with Gasteiger partial charge in [0.25, 0.3) is 0 Å². The van der Waals surface area contributed by atoms with Crippen LogP contribution in [-0.4, -0.2) is 23.6 Å². The zero-order chi connectivity index (χ0) is 15.4. The van der Waals surface area contributed by atoms with Crippen molar-refractivity contribution in [3.8, 4) is 5.75 Å². The molecule has 0 aromatic heterocycles. The molecular formula is C18H26N2O2. The lowest BCUT2D eigenvalue weighted by Crippen LogP contribution is -2.48. The molecule has 1 aromatic rings. The van der Waals surface area contributed by atoms with Crippen molar-refractivity contribution >= 4 is 5.91 Å². The van der Waals surface area contributed by atoms with Crippen LogP contribution in [0.4, 0.5) is 0 Å². The summed E-state index contributed by atoms with van der Waals surface area (Å²) in [6, 6.07) is 5.25. The van der Waals surface area contributed by atoms with Gasteiger partial charge in [0.15, 0.2) is 0 Å². The Bertz CT molecular complexity index is 524. The van der Waals surface area contributed by atoms with Crippen molar-refractivity contribution in [2.24, 2.45) is 5.92 Å². The Morgan fingerprint density at radius 1 is 1.23 bits per heavy atom. The predicted octanol–water partition coefficient (Wildman–Crippen LogP) is 2.49. The van der Waals surface area contributed by atoms with E-state index in [4.69, 9.17) is 0 Å². The van der Waals surface area contributed by atoms with E-state index in [1.54, 1.807) is 12.1 Å². The van der Waals surface area contributed by atoms with Crippen molar-refractivity contribution in [2.45, 2.75) is 57.5 Å². The van der Waals surface area contributed by atoms with Gasteiger partial charge in [-0.15, -0.1) is 0 Å². The Hall–Kier alpha value is -1.55. The highest BCUT2D eigenvalue weighted by molar-refractivity contribution is 5.82. The lowest BCUT2D eigenvalue weighted by molar-refractivity contribution is -0.123. The summed E-state index contributed by atoms with van der Waals surface area (Å²) < 4.78 is 0. The number of rotatable bonds is 4. The molecule has 0 bridgehead atoms. The third-order valence-electron chi connectivity index (χ3n) is 5.05. The zero-order valence-electron chi connectivity index (χ0n) is 13.1. The summed E-state index contributed by atoms with van der Waals surface area (Å²) in [6.45, 7) is 1.44. The van der Waals surface area contributed by atoms with Gasteiger partial charge in [0.1, 0.15) is 5.75 Å². The summed E-state index contributed by atoms with van der Waals surface area (Å²) in [5.41, 5.74) is 2.25. The van der Waals surface area contributed by atoms with Gasteiger partial charge < -0.3 is 15.7 Å². The van der Waals surface area contributed by atoms with Crippen LogP contribution in [0.1, 0.15) is 49.7 Å². The van der Waals surface area contributed by atoms with Crippen LogP contribution in [0, 0.1) is 5.92 Å². The first-order valence-corrected chi connectivity index (χ1v) is 8.54. The topological polar surface area (TPSA) is 61.4 Å². The highest BCUT2D eigenvalue weighted by atomic mass is 16.3. The fourth-order valence-electron chi connectivity index (χ4n) is 3.69. The van der Waals surface area contributed by atoms with E-state index in [9.17, 15) is 9.90 Å². The lowest BCUT2D eigenvalue weighted by Gasteiger charge is -2.26. The Morgan fingerprint density at radius 3 is 2.86 bits per heavy atom. The van der Waals surface area contributed by atoms with Crippen LogP contribution < -0.4 is 10.6 Å². The van der Waals surface area contributed by atoms with Crippen LogP contribution in [-0.2, 0) is 17.8 Å². The Labute approximate surface area is 132 Å². The summed E-state index contributed by atoms with van der Waals surface area (Å²) in [4.78, 5) is 12.3. The van der Waals surface area contributed by atoms with Crippen LogP contribution in [0.3, 0.4) is 0 Å². The fraction of sp³-hybridized carbons (Fsp3) is 0.611. The second-order valence-electron chi connectivity index (χ2n) is 6.67. The standard InChI is InChI=1S/C18H26N2O2/c21-16-7-6-14-11-17(20-12-15(14)10-16)18(22)19-9-8-13-4-2-1-3-5-13/h6-7,10,13,17,20-21H,1-5,8-9,11-12H2,(H,19,22). The molecule has 0 spiro atoms. The van der Waals surface area contributed by atoms with Crippen LogP contribution in [0.25, 0.3) is 0 Å². The van der Waals surface area contributed by atoms with E-state index in [2.05, 4.69) is 10.6 Å². The van der Waals surface area contributed by atoms with E-state index in [0.717, 1.165) is 30.0 Å². The third kappa shape index (κ3) is 3.80. The molecular weight excluding hydrogens is 276 g/mol. The summed E-state index contributed by atoms with van der Waals surface area (Å²) in [7, 11) is 0. The van der Waals surface area contributed by atoms with Crippen LogP contribution >= 0.6 is 0 Å². The molecule has 120 valence electrons. The highest BCUT2D eigenvalue weighted by Gasteiger charge is 2.24. The van der Waals surface area contributed by atoms with Crippen molar-refractivity contribution in [3.05, 3.63) is 29.3 Å². The van der Waals surface area contributed by atoms with Crippen molar-refractivity contribution in [1.29, 1.82) is 0 Å². The molecule has 1 atom stereocenters. The number of phenols is 1. The third-order valence-corrected chi connectivity index (χ3v) is 5.05. The van der Waals surface area contributed by atoms with Crippen LogP contribution in [0.2, 0.25) is 0 Å². The molecule has 2 aliphatic rings. The summed E-state index contributed by atoms with van der Waals surface area (Å²) in [5.74, 6) is 1.20. The number of benzene rings is 1. The largest absolute Gasteiger partial charge is 0.508 e. The van der Waals surface area contributed by atoms with Gasteiger partial charge in [-0.2, -0.15) is 0 Å². The molecule has 1 aliphatic carbocycles. The van der Waals surface area contributed by atoms with Gasteiger partial charge in [-0.3, -0.25) is 4.79 Å². The minimum Gasteiger partial charge on any atom is -0.508 e. The first-order chi connectivity index (χ1) is 10.7. The van der Waals surface area contributed by atoms with Gasteiger partial charge in [-0.05, 0) is 42.0 Å². The van der Waals surface area contributed by atoms with Crippen molar-refractivity contribution in [3.63, 3.8) is 0 Å². The average Bonchev–Trinajstić information content (AvgIpc) is 2.55. The fourth-order valence-corrected chi connectivity index (χ4v) is 3.69. The number of phenolic OH excluding ortho intramolecular Hbond substituents is 1. The molecule has 4 heteroatoms. The number of carbonyl (C=O) groups excluding carboxylic acids is 1.